The van der Waals surface area contributed by atoms with Crippen LogP contribution in [0.3, 0.4) is 0 Å². The van der Waals surface area contributed by atoms with Crippen molar-refractivity contribution in [2.45, 2.75) is 10.1 Å². The van der Waals surface area contributed by atoms with Gasteiger partial charge in [-0.2, -0.15) is 4.98 Å². The number of hydrogen-bond donors (Lipinski definition) is 1. The number of ether oxygens (including phenoxy) is 1. The van der Waals surface area contributed by atoms with Gasteiger partial charge in [-0.15, -0.1) is 11.8 Å². The maximum absolute atomic E-state index is 6.12. The summed E-state index contributed by atoms with van der Waals surface area (Å²) in [4.78, 5) is 14.6. The fourth-order valence-electron chi connectivity index (χ4n) is 3.13. The van der Waals surface area contributed by atoms with Gasteiger partial charge in [-0.05, 0) is 17.5 Å². The van der Waals surface area contributed by atoms with E-state index < -0.39 is 0 Å². The Morgan fingerprint density at radius 1 is 1.21 bits per heavy atom. The maximum atomic E-state index is 6.12. The molecule has 128 valence electrons. The number of hydrogen-bond acceptors (Lipinski definition) is 7. The zero-order chi connectivity index (χ0) is 16.4. The Kier molecular flexibility index (Phi) is 5.11. The molecule has 4 heterocycles. The van der Waals surface area contributed by atoms with Gasteiger partial charge >= 0.3 is 0 Å². The zero-order valence-electron chi connectivity index (χ0n) is 13.4. The molecular formula is C16H20ClN5OS. The summed E-state index contributed by atoms with van der Waals surface area (Å²) in [5.74, 6) is 7.47. The fraction of sp³-hybridized carbons (Fsp3) is 0.625. The van der Waals surface area contributed by atoms with Crippen molar-refractivity contribution in [1.29, 1.82) is 0 Å². The summed E-state index contributed by atoms with van der Waals surface area (Å²) in [6, 6.07) is 0. The van der Waals surface area contributed by atoms with E-state index >= 15 is 0 Å². The number of nitrogens with one attached hydrogen (secondary N) is 1. The molecule has 3 aliphatic rings. The lowest BCUT2D eigenvalue weighted by Crippen LogP contribution is -2.45. The maximum Gasteiger partial charge on any atom is 0.225 e. The topological polar surface area (TPSA) is 53.5 Å². The van der Waals surface area contributed by atoms with Crippen LogP contribution < -0.4 is 10.2 Å². The van der Waals surface area contributed by atoms with Crippen molar-refractivity contribution in [3.63, 3.8) is 0 Å². The molecule has 1 N–H and O–H groups in total. The second-order valence-corrected chi connectivity index (χ2v) is 7.57. The number of aromatic nitrogens is 2. The van der Waals surface area contributed by atoms with Crippen molar-refractivity contribution < 1.29 is 4.74 Å². The molecule has 4 rings (SSSR count). The number of halogens is 1. The van der Waals surface area contributed by atoms with Crippen LogP contribution in [0.15, 0.2) is 4.90 Å². The van der Waals surface area contributed by atoms with Crippen LogP contribution in [0.1, 0.15) is 5.69 Å². The third-order valence-corrected chi connectivity index (χ3v) is 5.71. The molecule has 0 amide bonds. The SMILES string of the molecule is Clc1nc2c(c(N3CCOCC3)n1)SC(CN1CCNCC1)C#C2. The highest BCUT2D eigenvalue weighted by atomic mass is 35.5. The summed E-state index contributed by atoms with van der Waals surface area (Å²) in [5.41, 5.74) is 0.762. The van der Waals surface area contributed by atoms with E-state index in [1.165, 1.54) is 0 Å². The van der Waals surface area contributed by atoms with Gasteiger partial charge in [0.15, 0.2) is 0 Å². The molecule has 24 heavy (non-hydrogen) atoms. The number of rotatable bonds is 3. The minimum absolute atomic E-state index is 0.250. The minimum Gasteiger partial charge on any atom is -0.378 e. The molecule has 0 saturated carbocycles. The fourth-order valence-corrected chi connectivity index (χ4v) is 4.47. The molecule has 0 aromatic carbocycles. The van der Waals surface area contributed by atoms with Crippen molar-refractivity contribution >= 4 is 29.2 Å². The summed E-state index contributed by atoms with van der Waals surface area (Å²) in [6.45, 7) is 8.35. The van der Waals surface area contributed by atoms with Crippen molar-refractivity contribution in [3.05, 3.63) is 11.0 Å². The van der Waals surface area contributed by atoms with E-state index in [2.05, 4.69) is 36.9 Å². The average Bonchev–Trinajstić information content (AvgIpc) is 2.63. The highest BCUT2D eigenvalue weighted by Gasteiger charge is 2.26. The molecule has 1 aromatic rings. The van der Waals surface area contributed by atoms with Crippen LogP contribution in [0.4, 0.5) is 5.82 Å². The first kappa shape index (κ1) is 16.4. The standard InChI is InChI=1S/C16H20ClN5OS/c17-16-19-13-2-1-12(11-21-5-3-18-4-6-21)24-14(13)15(20-16)22-7-9-23-10-8-22/h12,18H,3-11H2. The van der Waals surface area contributed by atoms with Crippen LogP contribution in [0, 0.1) is 11.8 Å². The Bertz CT molecular complexity index is 664. The molecule has 0 bridgehead atoms. The molecule has 2 fully saturated rings. The van der Waals surface area contributed by atoms with Crippen molar-refractivity contribution in [2.75, 3.05) is 63.9 Å². The van der Waals surface area contributed by atoms with Crippen LogP contribution in [-0.2, 0) is 4.74 Å². The molecule has 3 aliphatic heterocycles. The van der Waals surface area contributed by atoms with E-state index in [1.807, 2.05) is 0 Å². The quantitative estimate of drug-likeness (QED) is 0.625. The number of piperazine rings is 1. The van der Waals surface area contributed by atoms with Gasteiger partial charge in [0, 0.05) is 45.8 Å². The summed E-state index contributed by atoms with van der Waals surface area (Å²) in [5, 5.41) is 3.91. The number of fused-ring (bicyclic) bond motifs is 1. The number of anilines is 1. The summed E-state index contributed by atoms with van der Waals surface area (Å²) in [7, 11) is 0. The lowest BCUT2D eigenvalue weighted by atomic mass is 10.2. The monoisotopic (exact) mass is 365 g/mol. The predicted molar refractivity (Wildman–Crippen MR) is 95.9 cm³/mol. The van der Waals surface area contributed by atoms with Crippen molar-refractivity contribution in [2.24, 2.45) is 0 Å². The molecule has 1 aromatic heterocycles. The molecule has 6 nitrogen and oxygen atoms in total. The number of nitrogens with zero attached hydrogens (tertiary/aromatic N) is 4. The third-order valence-electron chi connectivity index (χ3n) is 4.38. The molecule has 0 spiro atoms. The van der Waals surface area contributed by atoms with Crippen molar-refractivity contribution in [1.82, 2.24) is 20.2 Å². The first-order valence-electron chi connectivity index (χ1n) is 8.31. The van der Waals surface area contributed by atoms with Crippen LogP contribution in [0.2, 0.25) is 5.28 Å². The van der Waals surface area contributed by atoms with Gasteiger partial charge in [-0.25, -0.2) is 4.98 Å². The van der Waals surface area contributed by atoms with E-state index in [4.69, 9.17) is 16.3 Å². The first-order valence-corrected chi connectivity index (χ1v) is 9.57. The van der Waals surface area contributed by atoms with E-state index in [0.717, 1.165) is 75.4 Å². The minimum atomic E-state index is 0.250. The molecule has 8 heteroatoms. The molecule has 2 saturated heterocycles. The first-order chi connectivity index (χ1) is 11.8. The highest BCUT2D eigenvalue weighted by Crippen LogP contribution is 2.37. The van der Waals surface area contributed by atoms with Crippen LogP contribution in [0.5, 0.6) is 0 Å². The normalized spacial score (nSPS) is 24.2. The second kappa shape index (κ2) is 7.46. The summed E-state index contributed by atoms with van der Waals surface area (Å²) in [6.07, 6.45) is 0. The Morgan fingerprint density at radius 3 is 2.79 bits per heavy atom. The molecule has 1 atom stereocenters. The van der Waals surface area contributed by atoms with E-state index in [0.29, 0.717) is 0 Å². The molecule has 0 radical (unpaired) electrons. The van der Waals surface area contributed by atoms with Crippen LogP contribution in [-0.4, -0.2) is 79.1 Å². The smallest absolute Gasteiger partial charge is 0.225 e. The summed E-state index contributed by atoms with van der Waals surface area (Å²) < 4.78 is 5.45. The summed E-state index contributed by atoms with van der Waals surface area (Å²) >= 11 is 7.90. The van der Waals surface area contributed by atoms with Gasteiger partial charge in [0.25, 0.3) is 0 Å². The number of thioether (sulfide) groups is 1. The Hall–Kier alpha value is -1.04. The van der Waals surface area contributed by atoms with Gasteiger partial charge in [0.1, 0.15) is 11.5 Å². The Labute approximate surface area is 151 Å². The molecule has 1 unspecified atom stereocenters. The third kappa shape index (κ3) is 3.63. The molecule has 0 aliphatic carbocycles. The van der Waals surface area contributed by atoms with Crippen molar-refractivity contribution in [3.8, 4) is 11.8 Å². The van der Waals surface area contributed by atoms with Crippen LogP contribution in [0.25, 0.3) is 0 Å². The van der Waals surface area contributed by atoms with E-state index in [9.17, 15) is 0 Å². The van der Waals surface area contributed by atoms with Gasteiger partial charge in [-0.3, -0.25) is 4.90 Å². The van der Waals surface area contributed by atoms with Gasteiger partial charge in [-0.1, -0.05) is 5.92 Å². The largest absolute Gasteiger partial charge is 0.378 e. The highest BCUT2D eigenvalue weighted by molar-refractivity contribution is 8.00. The van der Waals surface area contributed by atoms with E-state index in [-0.39, 0.29) is 10.5 Å². The number of morpholine rings is 1. The van der Waals surface area contributed by atoms with Crippen LogP contribution >= 0.6 is 23.4 Å². The zero-order valence-corrected chi connectivity index (χ0v) is 15.0. The lowest BCUT2D eigenvalue weighted by Gasteiger charge is -2.32. The van der Waals surface area contributed by atoms with Gasteiger partial charge in [0.05, 0.1) is 23.4 Å². The predicted octanol–water partition coefficient (Wildman–Crippen LogP) is 0.698. The second-order valence-electron chi connectivity index (χ2n) is 6.02. The van der Waals surface area contributed by atoms with Gasteiger partial charge in [0.2, 0.25) is 5.28 Å². The van der Waals surface area contributed by atoms with E-state index in [1.54, 1.807) is 11.8 Å². The Morgan fingerprint density at radius 2 is 2.00 bits per heavy atom. The van der Waals surface area contributed by atoms with Gasteiger partial charge < -0.3 is 15.0 Å². The Balaban J connectivity index is 1.56. The lowest BCUT2D eigenvalue weighted by molar-refractivity contribution is 0.122. The average molecular weight is 366 g/mol. The molecular weight excluding hydrogens is 346 g/mol.